The summed E-state index contributed by atoms with van der Waals surface area (Å²) in [6.45, 7) is 1.81. The van der Waals surface area contributed by atoms with E-state index in [1.165, 1.54) is 6.07 Å². The molecule has 1 aromatic rings. The van der Waals surface area contributed by atoms with Gasteiger partial charge in [0.1, 0.15) is 5.75 Å². The van der Waals surface area contributed by atoms with Crippen LogP contribution in [0.15, 0.2) is 18.2 Å². The number of hydrogen-bond acceptors (Lipinski definition) is 2. The van der Waals surface area contributed by atoms with Crippen LogP contribution in [0.25, 0.3) is 0 Å². The van der Waals surface area contributed by atoms with Crippen molar-refractivity contribution in [2.75, 3.05) is 0 Å². The SMILES string of the molecule is Cc1ccc(C(=O)NC2CCC(Br)CC2)cc1O. The number of carbonyl (C=O) groups is 1. The summed E-state index contributed by atoms with van der Waals surface area (Å²) in [5, 5.41) is 12.6. The molecule has 1 aliphatic carbocycles. The van der Waals surface area contributed by atoms with Crippen LogP contribution in [0.1, 0.15) is 41.6 Å². The maximum Gasteiger partial charge on any atom is 0.251 e. The van der Waals surface area contributed by atoms with Crippen LogP contribution in [-0.4, -0.2) is 21.9 Å². The fourth-order valence-electron chi connectivity index (χ4n) is 2.22. The normalized spacial score (nSPS) is 23.7. The number of hydrogen-bond donors (Lipinski definition) is 2. The van der Waals surface area contributed by atoms with Crippen LogP contribution in [0, 0.1) is 6.92 Å². The Morgan fingerprint density at radius 1 is 1.33 bits per heavy atom. The van der Waals surface area contributed by atoms with E-state index in [4.69, 9.17) is 0 Å². The lowest BCUT2D eigenvalue weighted by Gasteiger charge is -2.26. The zero-order valence-electron chi connectivity index (χ0n) is 10.4. The minimum Gasteiger partial charge on any atom is -0.508 e. The topological polar surface area (TPSA) is 49.3 Å². The van der Waals surface area contributed by atoms with E-state index in [-0.39, 0.29) is 17.7 Å². The Bertz CT molecular complexity index is 439. The van der Waals surface area contributed by atoms with E-state index in [0.717, 1.165) is 31.2 Å². The standard InChI is InChI=1S/C14H18BrNO2/c1-9-2-3-10(8-13(9)17)14(18)16-12-6-4-11(15)5-7-12/h2-3,8,11-12,17H,4-7H2,1H3,(H,16,18). The predicted molar refractivity (Wildman–Crippen MR) is 75.3 cm³/mol. The van der Waals surface area contributed by atoms with Crippen LogP contribution >= 0.6 is 15.9 Å². The number of carbonyl (C=O) groups excluding carboxylic acids is 1. The van der Waals surface area contributed by atoms with Crippen LogP contribution in [-0.2, 0) is 0 Å². The predicted octanol–water partition coefficient (Wildman–Crippen LogP) is 3.14. The van der Waals surface area contributed by atoms with Gasteiger partial charge in [-0.05, 0) is 50.3 Å². The molecule has 0 heterocycles. The maximum atomic E-state index is 12.0. The molecule has 0 unspecified atom stereocenters. The molecule has 1 aromatic carbocycles. The van der Waals surface area contributed by atoms with Crippen molar-refractivity contribution in [1.82, 2.24) is 5.32 Å². The van der Waals surface area contributed by atoms with Gasteiger partial charge in [-0.3, -0.25) is 4.79 Å². The number of aromatic hydroxyl groups is 1. The summed E-state index contributed by atoms with van der Waals surface area (Å²) >= 11 is 3.60. The molecule has 18 heavy (non-hydrogen) atoms. The van der Waals surface area contributed by atoms with Crippen molar-refractivity contribution in [2.24, 2.45) is 0 Å². The summed E-state index contributed by atoms with van der Waals surface area (Å²) in [4.78, 5) is 12.6. The van der Waals surface area contributed by atoms with Gasteiger partial charge in [-0.1, -0.05) is 22.0 Å². The highest BCUT2D eigenvalue weighted by Gasteiger charge is 2.21. The molecule has 98 valence electrons. The lowest BCUT2D eigenvalue weighted by Crippen LogP contribution is -2.37. The number of amides is 1. The number of rotatable bonds is 2. The van der Waals surface area contributed by atoms with Crippen molar-refractivity contribution in [3.05, 3.63) is 29.3 Å². The largest absolute Gasteiger partial charge is 0.508 e. The first kappa shape index (κ1) is 13.4. The Morgan fingerprint density at radius 2 is 2.00 bits per heavy atom. The molecule has 2 rings (SSSR count). The maximum absolute atomic E-state index is 12.0. The zero-order valence-corrected chi connectivity index (χ0v) is 12.0. The van der Waals surface area contributed by atoms with Crippen LogP contribution in [0.4, 0.5) is 0 Å². The summed E-state index contributed by atoms with van der Waals surface area (Å²) in [7, 11) is 0. The van der Waals surface area contributed by atoms with E-state index in [1.807, 2.05) is 6.92 Å². The zero-order chi connectivity index (χ0) is 13.1. The molecule has 1 fully saturated rings. The molecule has 0 atom stereocenters. The number of benzene rings is 1. The van der Waals surface area contributed by atoms with E-state index in [2.05, 4.69) is 21.2 Å². The number of aryl methyl sites for hydroxylation is 1. The minimum absolute atomic E-state index is 0.0941. The van der Waals surface area contributed by atoms with Crippen LogP contribution in [0.3, 0.4) is 0 Å². The first-order valence-electron chi connectivity index (χ1n) is 6.31. The Labute approximate surface area is 116 Å². The first-order valence-corrected chi connectivity index (χ1v) is 7.22. The third-order valence-corrected chi connectivity index (χ3v) is 4.38. The highest BCUT2D eigenvalue weighted by Crippen LogP contribution is 2.24. The van der Waals surface area contributed by atoms with E-state index >= 15 is 0 Å². The van der Waals surface area contributed by atoms with E-state index in [1.54, 1.807) is 12.1 Å². The molecule has 0 saturated heterocycles. The van der Waals surface area contributed by atoms with Gasteiger partial charge in [-0.15, -0.1) is 0 Å². The molecule has 1 amide bonds. The number of phenols is 1. The van der Waals surface area contributed by atoms with Gasteiger partial charge < -0.3 is 10.4 Å². The number of halogens is 1. The van der Waals surface area contributed by atoms with Gasteiger partial charge in [0.15, 0.2) is 0 Å². The average Bonchev–Trinajstić information content (AvgIpc) is 2.35. The van der Waals surface area contributed by atoms with E-state index in [9.17, 15) is 9.90 Å². The van der Waals surface area contributed by atoms with Crippen molar-refractivity contribution >= 4 is 21.8 Å². The number of alkyl halides is 1. The smallest absolute Gasteiger partial charge is 0.251 e. The highest BCUT2D eigenvalue weighted by atomic mass is 79.9. The third-order valence-electron chi connectivity index (χ3n) is 3.46. The van der Waals surface area contributed by atoms with Crippen molar-refractivity contribution in [1.29, 1.82) is 0 Å². The van der Waals surface area contributed by atoms with E-state index in [0.29, 0.717) is 10.4 Å². The molecule has 4 heteroatoms. The third kappa shape index (κ3) is 3.25. The molecule has 0 aliphatic heterocycles. The second-order valence-corrected chi connectivity index (χ2v) is 6.22. The molecule has 1 aliphatic rings. The van der Waals surface area contributed by atoms with Crippen molar-refractivity contribution in [2.45, 2.75) is 43.5 Å². The second kappa shape index (κ2) is 5.74. The first-order chi connectivity index (χ1) is 8.56. The van der Waals surface area contributed by atoms with Gasteiger partial charge in [-0.2, -0.15) is 0 Å². The lowest BCUT2D eigenvalue weighted by atomic mass is 9.95. The molecular weight excluding hydrogens is 294 g/mol. The summed E-state index contributed by atoms with van der Waals surface area (Å²) in [6.07, 6.45) is 4.23. The fraction of sp³-hybridized carbons (Fsp3) is 0.500. The van der Waals surface area contributed by atoms with E-state index < -0.39 is 0 Å². The fourth-order valence-corrected chi connectivity index (χ4v) is 2.75. The van der Waals surface area contributed by atoms with Gasteiger partial charge in [0, 0.05) is 16.4 Å². The second-order valence-electron chi connectivity index (χ2n) is 4.92. The Kier molecular flexibility index (Phi) is 4.27. The van der Waals surface area contributed by atoms with Crippen molar-refractivity contribution in [3.8, 4) is 5.75 Å². The van der Waals surface area contributed by atoms with Gasteiger partial charge in [0.05, 0.1) is 0 Å². The van der Waals surface area contributed by atoms with Crippen molar-refractivity contribution in [3.63, 3.8) is 0 Å². The minimum atomic E-state index is -0.0941. The number of nitrogens with one attached hydrogen (secondary N) is 1. The molecule has 0 radical (unpaired) electrons. The summed E-state index contributed by atoms with van der Waals surface area (Å²) in [5.74, 6) is 0.0788. The Hall–Kier alpha value is -1.03. The molecule has 3 nitrogen and oxygen atoms in total. The molecule has 0 bridgehead atoms. The van der Waals surface area contributed by atoms with Crippen LogP contribution in [0.5, 0.6) is 5.75 Å². The van der Waals surface area contributed by atoms with Gasteiger partial charge in [0.25, 0.3) is 5.91 Å². The lowest BCUT2D eigenvalue weighted by molar-refractivity contribution is 0.0928. The summed E-state index contributed by atoms with van der Waals surface area (Å²) in [6, 6.07) is 5.30. The Morgan fingerprint density at radius 3 is 2.61 bits per heavy atom. The average molecular weight is 312 g/mol. The van der Waals surface area contributed by atoms with Gasteiger partial charge >= 0.3 is 0 Å². The quantitative estimate of drug-likeness (QED) is 0.824. The molecule has 1 saturated carbocycles. The Balaban J connectivity index is 1.97. The van der Waals surface area contributed by atoms with Crippen LogP contribution in [0.2, 0.25) is 0 Å². The molecule has 0 aromatic heterocycles. The monoisotopic (exact) mass is 311 g/mol. The highest BCUT2D eigenvalue weighted by molar-refractivity contribution is 9.09. The summed E-state index contributed by atoms with van der Waals surface area (Å²) in [5.41, 5.74) is 1.31. The summed E-state index contributed by atoms with van der Waals surface area (Å²) < 4.78 is 0. The molecule has 0 spiro atoms. The molecular formula is C14H18BrNO2. The van der Waals surface area contributed by atoms with Gasteiger partial charge in [-0.25, -0.2) is 0 Å². The number of phenolic OH excluding ortho intramolecular Hbond substituents is 1. The van der Waals surface area contributed by atoms with Crippen LogP contribution < -0.4 is 5.32 Å². The van der Waals surface area contributed by atoms with Crippen molar-refractivity contribution < 1.29 is 9.90 Å². The van der Waals surface area contributed by atoms with Gasteiger partial charge in [0.2, 0.25) is 0 Å². The molecule has 2 N–H and O–H groups in total.